The molecule has 0 aliphatic carbocycles. The molecule has 1 aromatic rings. The highest BCUT2D eigenvalue weighted by molar-refractivity contribution is 6.31. The maximum atomic E-state index is 11.3. The van der Waals surface area contributed by atoms with Gasteiger partial charge in [-0.05, 0) is 18.2 Å². The van der Waals surface area contributed by atoms with Crippen molar-refractivity contribution in [1.82, 2.24) is 4.90 Å². The lowest BCUT2D eigenvalue weighted by Crippen LogP contribution is -2.23. The summed E-state index contributed by atoms with van der Waals surface area (Å²) in [6, 6.07) is 4.33. The number of carboxylic acid groups (broad SMARTS) is 1. The summed E-state index contributed by atoms with van der Waals surface area (Å²) < 4.78 is 5.29. The molecule has 0 aromatic heterocycles. The van der Waals surface area contributed by atoms with Crippen LogP contribution in [0.25, 0.3) is 0 Å². The molecule has 1 aromatic carbocycles. The molecule has 6 heteroatoms. The van der Waals surface area contributed by atoms with Crippen LogP contribution < -0.4 is 4.74 Å². The molecule has 0 spiro atoms. The molecule has 1 N–H and O–H groups in total. The fraction of sp³-hybridized carbons (Fsp3) is 0.333. The van der Waals surface area contributed by atoms with Crippen molar-refractivity contribution < 1.29 is 19.4 Å². The normalized spacial score (nSPS) is 9.94. The molecule has 18 heavy (non-hydrogen) atoms. The van der Waals surface area contributed by atoms with Gasteiger partial charge in [-0.1, -0.05) is 11.6 Å². The molecular formula is C12H14ClNO4. The Morgan fingerprint density at radius 1 is 1.39 bits per heavy atom. The number of hydrogen-bond donors (Lipinski definition) is 1. The summed E-state index contributed by atoms with van der Waals surface area (Å²) in [5.41, 5.74) is -0.0141. The Morgan fingerprint density at radius 3 is 2.61 bits per heavy atom. The highest BCUT2D eigenvalue weighted by atomic mass is 35.5. The van der Waals surface area contributed by atoms with Crippen LogP contribution in [-0.4, -0.2) is 42.6 Å². The van der Waals surface area contributed by atoms with Gasteiger partial charge < -0.3 is 14.7 Å². The Bertz CT molecular complexity index is 459. The van der Waals surface area contributed by atoms with E-state index in [9.17, 15) is 9.59 Å². The summed E-state index contributed by atoms with van der Waals surface area (Å²) in [6.45, 7) is 0.124. The number of hydrogen-bond acceptors (Lipinski definition) is 3. The molecule has 1 rings (SSSR count). The number of carboxylic acids is 1. The van der Waals surface area contributed by atoms with E-state index in [1.807, 2.05) is 0 Å². The lowest BCUT2D eigenvalue weighted by atomic mass is 10.2. The molecule has 0 saturated heterocycles. The quantitative estimate of drug-likeness (QED) is 0.888. The maximum Gasteiger partial charge on any atom is 0.339 e. The molecule has 98 valence electrons. The van der Waals surface area contributed by atoms with Crippen molar-refractivity contribution in [3.05, 3.63) is 28.8 Å². The third kappa shape index (κ3) is 3.92. The summed E-state index contributed by atoms with van der Waals surface area (Å²) in [6.07, 6.45) is 0.189. The molecule has 0 aliphatic heterocycles. The number of amides is 1. The van der Waals surface area contributed by atoms with Gasteiger partial charge in [0.1, 0.15) is 11.3 Å². The van der Waals surface area contributed by atoms with E-state index in [1.165, 1.54) is 23.1 Å². The van der Waals surface area contributed by atoms with Crippen molar-refractivity contribution in [3.63, 3.8) is 0 Å². The first kappa shape index (κ1) is 14.3. The average Bonchev–Trinajstić information content (AvgIpc) is 2.30. The summed E-state index contributed by atoms with van der Waals surface area (Å²) >= 11 is 5.71. The summed E-state index contributed by atoms with van der Waals surface area (Å²) in [5.74, 6) is -0.995. The minimum atomic E-state index is -1.12. The van der Waals surface area contributed by atoms with E-state index in [-0.39, 0.29) is 30.2 Å². The predicted molar refractivity (Wildman–Crippen MR) is 67.2 cm³/mol. The maximum absolute atomic E-state index is 11.3. The molecule has 0 fully saturated rings. The monoisotopic (exact) mass is 271 g/mol. The first-order valence-electron chi connectivity index (χ1n) is 5.27. The third-order valence-corrected chi connectivity index (χ3v) is 2.48. The van der Waals surface area contributed by atoms with Crippen LogP contribution in [0.3, 0.4) is 0 Å². The average molecular weight is 272 g/mol. The summed E-state index contributed by atoms with van der Waals surface area (Å²) in [7, 11) is 3.29. The Balaban J connectivity index is 2.68. The van der Waals surface area contributed by atoms with E-state index >= 15 is 0 Å². The summed E-state index contributed by atoms with van der Waals surface area (Å²) in [4.78, 5) is 23.7. The Hall–Kier alpha value is -1.75. The third-order valence-electron chi connectivity index (χ3n) is 2.24. The number of nitrogens with zero attached hydrogens (tertiary/aromatic N) is 1. The lowest BCUT2D eigenvalue weighted by molar-refractivity contribution is -0.129. The number of benzene rings is 1. The van der Waals surface area contributed by atoms with Crippen molar-refractivity contribution in [1.29, 1.82) is 0 Å². The van der Waals surface area contributed by atoms with Gasteiger partial charge in [0.15, 0.2) is 0 Å². The SMILES string of the molecule is CN(C)C(=O)CCOc1ccc(Cl)cc1C(=O)O. The second kappa shape index (κ2) is 6.26. The van der Waals surface area contributed by atoms with Crippen LogP contribution in [0.15, 0.2) is 18.2 Å². The van der Waals surface area contributed by atoms with Gasteiger partial charge in [0.05, 0.1) is 13.0 Å². The van der Waals surface area contributed by atoms with Gasteiger partial charge in [0.2, 0.25) is 5.91 Å². The first-order chi connectivity index (χ1) is 8.41. The molecular weight excluding hydrogens is 258 g/mol. The van der Waals surface area contributed by atoms with E-state index in [0.717, 1.165) is 0 Å². The minimum Gasteiger partial charge on any atom is -0.492 e. The van der Waals surface area contributed by atoms with Gasteiger partial charge in [-0.2, -0.15) is 0 Å². The van der Waals surface area contributed by atoms with Crippen molar-refractivity contribution in [3.8, 4) is 5.75 Å². The fourth-order valence-corrected chi connectivity index (χ4v) is 1.44. The van der Waals surface area contributed by atoms with Gasteiger partial charge in [-0.25, -0.2) is 4.79 Å². The smallest absolute Gasteiger partial charge is 0.339 e. The molecule has 1 amide bonds. The van der Waals surface area contributed by atoms with Crippen LogP contribution in [0.5, 0.6) is 5.75 Å². The van der Waals surface area contributed by atoms with Crippen molar-refractivity contribution in [2.75, 3.05) is 20.7 Å². The van der Waals surface area contributed by atoms with Gasteiger partial charge in [0.25, 0.3) is 0 Å². The van der Waals surface area contributed by atoms with Crippen LogP contribution in [0.1, 0.15) is 16.8 Å². The van der Waals surface area contributed by atoms with E-state index in [4.69, 9.17) is 21.4 Å². The van der Waals surface area contributed by atoms with Crippen LogP contribution in [0.2, 0.25) is 5.02 Å². The molecule has 0 atom stereocenters. The molecule has 5 nitrogen and oxygen atoms in total. The standard InChI is InChI=1S/C12H14ClNO4/c1-14(2)11(15)5-6-18-10-4-3-8(13)7-9(10)12(16)17/h3-4,7H,5-6H2,1-2H3,(H,16,17). The van der Waals surface area contributed by atoms with Crippen LogP contribution in [0, 0.1) is 0 Å². The van der Waals surface area contributed by atoms with Crippen molar-refractivity contribution >= 4 is 23.5 Å². The highest BCUT2D eigenvalue weighted by Crippen LogP contribution is 2.23. The number of rotatable bonds is 5. The Morgan fingerprint density at radius 2 is 2.06 bits per heavy atom. The number of carbonyl (C=O) groups is 2. The van der Waals surface area contributed by atoms with Crippen LogP contribution >= 0.6 is 11.6 Å². The number of carbonyl (C=O) groups excluding carboxylic acids is 1. The molecule has 0 aliphatic rings. The molecule has 0 radical (unpaired) electrons. The predicted octanol–water partition coefficient (Wildman–Crippen LogP) is 1.90. The number of aromatic carboxylic acids is 1. The van der Waals surface area contributed by atoms with Crippen molar-refractivity contribution in [2.45, 2.75) is 6.42 Å². The number of ether oxygens (including phenoxy) is 1. The molecule has 0 heterocycles. The zero-order valence-electron chi connectivity index (χ0n) is 10.1. The lowest BCUT2D eigenvalue weighted by Gasteiger charge is -2.12. The van der Waals surface area contributed by atoms with Crippen LogP contribution in [0.4, 0.5) is 0 Å². The van der Waals surface area contributed by atoms with Crippen LogP contribution in [-0.2, 0) is 4.79 Å². The number of halogens is 1. The van der Waals surface area contributed by atoms with Crippen molar-refractivity contribution in [2.24, 2.45) is 0 Å². The molecule has 0 saturated carbocycles. The van der Waals surface area contributed by atoms with E-state index in [1.54, 1.807) is 14.1 Å². The summed E-state index contributed by atoms with van der Waals surface area (Å²) in [5, 5.41) is 9.30. The highest BCUT2D eigenvalue weighted by Gasteiger charge is 2.12. The van der Waals surface area contributed by atoms with Gasteiger partial charge in [-0.15, -0.1) is 0 Å². The topological polar surface area (TPSA) is 66.8 Å². The van der Waals surface area contributed by atoms with E-state index in [0.29, 0.717) is 5.02 Å². The van der Waals surface area contributed by atoms with E-state index < -0.39 is 5.97 Å². The minimum absolute atomic E-state index is 0.0141. The zero-order chi connectivity index (χ0) is 13.7. The first-order valence-corrected chi connectivity index (χ1v) is 5.65. The van der Waals surface area contributed by atoms with Gasteiger partial charge in [0, 0.05) is 19.1 Å². The molecule has 0 unspecified atom stereocenters. The fourth-order valence-electron chi connectivity index (χ4n) is 1.27. The Labute approximate surface area is 110 Å². The van der Waals surface area contributed by atoms with E-state index in [2.05, 4.69) is 0 Å². The zero-order valence-corrected chi connectivity index (χ0v) is 10.9. The largest absolute Gasteiger partial charge is 0.492 e. The second-order valence-electron chi connectivity index (χ2n) is 3.83. The molecule has 0 bridgehead atoms. The van der Waals surface area contributed by atoms with Gasteiger partial charge >= 0.3 is 5.97 Å². The second-order valence-corrected chi connectivity index (χ2v) is 4.27. The Kier molecular flexibility index (Phi) is 4.97. The van der Waals surface area contributed by atoms with Gasteiger partial charge in [-0.3, -0.25) is 4.79 Å².